The third kappa shape index (κ3) is 5.97. The summed E-state index contributed by atoms with van der Waals surface area (Å²) in [5.41, 5.74) is 0.911. The molecule has 8 nitrogen and oxygen atoms in total. The van der Waals surface area contributed by atoms with E-state index in [4.69, 9.17) is 16.3 Å². The van der Waals surface area contributed by atoms with Crippen molar-refractivity contribution >= 4 is 57.0 Å². The molecule has 0 bridgehead atoms. The van der Waals surface area contributed by atoms with Crippen molar-refractivity contribution in [3.63, 3.8) is 0 Å². The summed E-state index contributed by atoms with van der Waals surface area (Å²) in [6, 6.07) is 8.96. The molecule has 40 heavy (non-hydrogen) atoms. The van der Waals surface area contributed by atoms with Crippen molar-refractivity contribution in [2.24, 2.45) is 4.99 Å². The van der Waals surface area contributed by atoms with Crippen LogP contribution in [0.4, 0.5) is 18.0 Å². The number of nitrogens with one attached hydrogen (secondary N) is 1. The fraction of sp³-hybridized carbons (Fsp3) is 0.333. The lowest BCUT2D eigenvalue weighted by atomic mass is 9.93. The highest BCUT2D eigenvalue weighted by atomic mass is 35.5. The number of aromatic amines is 1. The molecule has 2 aliphatic rings. The number of fused-ring (bicyclic) bond motifs is 1. The second-order valence-corrected chi connectivity index (χ2v) is 10.7. The summed E-state index contributed by atoms with van der Waals surface area (Å²) in [6.45, 7) is 3.94. The van der Waals surface area contributed by atoms with Crippen LogP contribution < -0.4 is 0 Å². The Morgan fingerprint density at radius 1 is 1.15 bits per heavy atom. The van der Waals surface area contributed by atoms with E-state index in [1.807, 2.05) is 4.90 Å². The Morgan fingerprint density at radius 3 is 2.75 bits per heavy atom. The minimum absolute atomic E-state index is 0.00612. The van der Waals surface area contributed by atoms with Crippen molar-refractivity contribution < 1.29 is 27.5 Å². The Hall–Kier alpha value is -3.51. The van der Waals surface area contributed by atoms with E-state index in [9.17, 15) is 22.8 Å². The molecule has 210 valence electrons. The van der Waals surface area contributed by atoms with Gasteiger partial charge in [0.25, 0.3) is 5.91 Å². The molecule has 1 fully saturated rings. The number of amides is 2. The fourth-order valence-electron chi connectivity index (χ4n) is 4.73. The number of rotatable bonds is 4. The van der Waals surface area contributed by atoms with Crippen molar-refractivity contribution in [2.75, 3.05) is 32.8 Å². The summed E-state index contributed by atoms with van der Waals surface area (Å²) in [5, 5.41) is 8.07. The molecule has 0 aliphatic carbocycles. The Morgan fingerprint density at radius 2 is 1.98 bits per heavy atom. The second-order valence-electron chi connectivity index (χ2n) is 9.28. The van der Waals surface area contributed by atoms with E-state index in [1.165, 1.54) is 12.1 Å². The van der Waals surface area contributed by atoms with Gasteiger partial charge in [-0.3, -0.25) is 9.89 Å². The van der Waals surface area contributed by atoms with Crippen molar-refractivity contribution in [3.05, 3.63) is 69.2 Å². The average Bonchev–Trinajstić information content (AvgIpc) is 3.45. The molecule has 13 heteroatoms. The van der Waals surface area contributed by atoms with Gasteiger partial charge in [-0.15, -0.1) is 0 Å². The SMILES string of the molecule is CCOC(=O)N1CCCN(C2=NC(=O)C(=C(Cc3ccc(Cl)cc3C(F)(F)F)c3ccc4[nH]ncc4c3)S2)CC1. The average molecular weight is 592 g/mol. The number of hydrogen-bond donors (Lipinski definition) is 1. The number of alkyl halides is 3. The lowest BCUT2D eigenvalue weighted by molar-refractivity contribution is -0.138. The molecule has 1 N–H and O–H groups in total. The zero-order valence-corrected chi connectivity index (χ0v) is 23.0. The number of nitrogens with zero attached hydrogens (tertiary/aromatic N) is 4. The molecule has 0 atom stereocenters. The highest BCUT2D eigenvalue weighted by Crippen LogP contribution is 2.40. The molecule has 1 saturated heterocycles. The number of amidine groups is 1. The van der Waals surface area contributed by atoms with Crippen LogP contribution in [0.2, 0.25) is 5.02 Å². The quantitative estimate of drug-likeness (QED) is 0.375. The van der Waals surface area contributed by atoms with Crippen LogP contribution >= 0.6 is 23.4 Å². The third-order valence-corrected chi connectivity index (χ3v) is 8.08. The van der Waals surface area contributed by atoms with Crippen LogP contribution in [0.15, 0.2) is 52.5 Å². The topological polar surface area (TPSA) is 90.9 Å². The molecule has 0 spiro atoms. The molecule has 3 aromatic rings. The largest absolute Gasteiger partial charge is 0.450 e. The Balaban J connectivity index is 1.49. The third-order valence-electron chi connectivity index (χ3n) is 6.68. The molecule has 2 aromatic carbocycles. The second kappa shape index (κ2) is 11.5. The number of aliphatic imine (C=N–C) groups is 1. The van der Waals surface area contributed by atoms with Gasteiger partial charge in [0.05, 0.1) is 28.8 Å². The normalized spacial score (nSPS) is 17.7. The predicted molar refractivity (Wildman–Crippen MR) is 148 cm³/mol. The Bertz CT molecular complexity index is 1520. The van der Waals surface area contributed by atoms with Crippen LogP contribution in [0.1, 0.15) is 30.0 Å². The van der Waals surface area contributed by atoms with Crippen molar-refractivity contribution in [3.8, 4) is 0 Å². The van der Waals surface area contributed by atoms with E-state index in [1.54, 1.807) is 36.2 Å². The minimum Gasteiger partial charge on any atom is -0.450 e. The van der Waals surface area contributed by atoms with Gasteiger partial charge in [-0.2, -0.15) is 23.3 Å². The first kappa shape index (κ1) is 28.0. The summed E-state index contributed by atoms with van der Waals surface area (Å²) >= 11 is 7.05. The molecule has 3 heterocycles. The summed E-state index contributed by atoms with van der Waals surface area (Å²) in [5.74, 6) is -0.517. The van der Waals surface area contributed by atoms with Crippen LogP contribution in [-0.4, -0.2) is 70.0 Å². The Kier molecular flexibility index (Phi) is 8.09. The number of aromatic nitrogens is 2. The van der Waals surface area contributed by atoms with Crippen molar-refractivity contribution in [2.45, 2.75) is 25.9 Å². The molecule has 2 amide bonds. The van der Waals surface area contributed by atoms with E-state index in [0.29, 0.717) is 48.9 Å². The summed E-state index contributed by atoms with van der Waals surface area (Å²) in [4.78, 5) is 33.6. The molecule has 0 saturated carbocycles. The lowest BCUT2D eigenvalue weighted by Crippen LogP contribution is -2.36. The highest BCUT2D eigenvalue weighted by molar-refractivity contribution is 8.18. The molecular weight excluding hydrogens is 567 g/mol. The van der Waals surface area contributed by atoms with Gasteiger partial charge in [-0.1, -0.05) is 23.7 Å². The first-order valence-corrected chi connectivity index (χ1v) is 13.8. The van der Waals surface area contributed by atoms with Gasteiger partial charge < -0.3 is 14.5 Å². The van der Waals surface area contributed by atoms with E-state index in [2.05, 4.69) is 15.2 Å². The molecule has 5 rings (SSSR count). The lowest BCUT2D eigenvalue weighted by Gasteiger charge is -2.22. The van der Waals surface area contributed by atoms with Crippen LogP contribution in [0.25, 0.3) is 16.5 Å². The summed E-state index contributed by atoms with van der Waals surface area (Å²) < 4.78 is 47.0. The maximum atomic E-state index is 14.0. The molecule has 0 radical (unpaired) electrons. The summed E-state index contributed by atoms with van der Waals surface area (Å²) in [6.07, 6.45) is -2.92. The standard InChI is InChI=1S/C27H25ClF3N5O3S/c1-2-39-26(38)36-9-3-8-35(10-11-36)25-33-24(37)23(40-25)20(16-5-7-22-18(12-16)15-32-34-22)13-17-4-6-19(28)14-21(17)27(29,30)31/h4-7,12,14-15H,2-3,8-11,13H2,1H3,(H,32,34). The zero-order valence-electron chi connectivity index (χ0n) is 21.4. The first-order chi connectivity index (χ1) is 19.1. The number of carbonyl (C=O) groups is 2. The monoisotopic (exact) mass is 591 g/mol. The number of benzene rings is 2. The van der Waals surface area contributed by atoms with Crippen LogP contribution in [0.3, 0.4) is 0 Å². The van der Waals surface area contributed by atoms with Gasteiger partial charge in [0, 0.05) is 36.6 Å². The number of ether oxygens (including phenoxy) is 1. The Labute approximate surface area is 237 Å². The zero-order chi connectivity index (χ0) is 28.4. The van der Waals surface area contributed by atoms with Crippen LogP contribution in [-0.2, 0) is 22.1 Å². The molecule has 0 unspecified atom stereocenters. The first-order valence-electron chi connectivity index (χ1n) is 12.6. The number of halogens is 4. The van der Waals surface area contributed by atoms with E-state index >= 15 is 0 Å². The smallest absolute Gasteiger partial charge is 0.416 e. The van der Waals surface area contributed by atoms with E-state index in [0.717, 1.165) is 28.7 Å². The van der Waals surface area contributed by atoms with Gasteiger partial charge in [-0.25, -0.2) is 4.79 Å². The number of thioether (sulfide) groups is 1. The fourth-order valence-corrected chi connectivity index (χ4v) is 5.97. The van der Waals surface area contributed by atoms with Crippen molar-refractivity contribution in [1.29, 1.82) is 0 Å². The van der Waals surface area contributed by atoms with Gasteiger partial charge in [-0.05, 0) is 72.5 Å². The number of carbonyl (C=O) groups excluding carboxylic acids is 2. The number of H-pyrrole nitrogens is 1. The van der Waals surface area contributed by atoms with Crippen LogP contribution in [0.5, 0.6) is 0 Å². The number of allylic oxidation sites excluding steroid dienone is 1. The van der Waals surface area contributed by atoms with E-state index < -0.39 is 17.6 Å². The number of hydrogen-bond acceptors (Lipinski definition) is 6. The van der Waals surface area contributed by atoms with Crippen LogP contribution in [0, 0.1) is 0 Å². The predicted octanol–water partition coefficient (Wildman–Crippen LogP) is 5.98. The maximum Gasteiger partial charge on any atom is 0.416 e. The van der Waals surface area contributed by atoms with Gasteiger partial charge in [0.15, 0.2) is 5.17 Å². The highest BCUT2D eigenvalue weighted by Gasteiger charge is 2.35. The molecular formula is C27H25ClF3N5O3S. The molecule has 2 aliphatic heterocycles. The van der Waals surface area contributed by atoms with Gasteiger partial charge in [0.1, 0.15) is 0 Å². The minimum atomic E-state index is -4.63. The van der Waals surface area contributed by atoms with Gasteiger partial charge in [0.2, 0.25) is 0 Å². The van der Waals surface area contributed by atoms with Crippen molar-refractivity contribution in [1.82, 2.24) is 20.0 Å². The maximum absolute atomic E-state index is 14.0. The van der Waals surface area contributed by atoms with E-state index in [-0.39, 0.29) is 34.6 Å². The summed E-state index contributed by atoms with van der Waals surface area (Å²) in [7, 11) is 0. The molecule has 1 aromatic heterocycles. The van der Waals surface area contributed by atoms with Gasteiger partial charge >= 0.3 is 12.3 Å².